The number of nitrogens with zero attached hydrogens (tertiary/aromatic N) is 3. The molecule has 0 N–H and O–H groups in total. The zero-order valence-corrected chi connectivity index (χ0v) is 17.3. The lowest BCUT2D eigenvalue weighted by molar-refractivity contribution is -0.0351. The Hall–Kier alpha value is -1.44. The first-order valence-corrected chi connectivity index (χ1v) is 10.0. The number of morpholine rings is 1. The van der Waals surface area contributed by atoms with Gasteiger partial charge < -0.3 is 9.15 Å². The van der Waals surface area contributed by atoms with Crippen molar-refractivity contribution < 1.29 is 9.15 Å². The predicted octanol–water partition coefficient (Wildman–Crippen LogP) is 5.38. The van der Waals surface area contributed by atoms with Crippen molar-refractivity contribution in [3.63, 3.8) is 0 Å². The Bertz CT molecular complexity index is 933. The fraction of sp³-hybridized carbons (Fsp3) is 0.263. The van der Waals surface area contributed by atoms with Gasteiger partial charge in [-0.15, -0.1) is 10.2 Å². The highest BCUT2D eigenvalue weighted by molar-refractivity contribution is 9.10. The molecule has 1 atom stereocenters. The second-order valence-corrected chi connectivity index (χ2v) is 8.03. The molecule has 1 aliphatic heterocycles. The highest BCUT2D eigenvalue weighted by Gasteiger charge is 2.24. The van der Waals surface area contributed by atoms with E-state index >= 15 is 0 Å². The number of benzene rings is 2. The molecule has 1 aliphatic rings. The first-order valence-electron chi connectivity index (χ1n) is 8.46. The zero-order valence-electron chi connectivity index (χ0n) is 14.2. The van der Waals surface area contributed by atoms with Gasteiger partial charge in [0, 0.05) is 22.6 Å². The van der Waals surface area contributed by atoms with E-state index in [1.807, 2.05) is 12.1 Å². The van der Waals surface area contributed by atoms with Crippen LogP contribution in [0.1, 0.15) is 17.6 Å². The molecule has 8 heteroatoms. The highest BCUT2D eigenvalue weighted by Crippen LogP contribution is 2.30. The van der Waals surface area contributed by atoms with Crippen molar-refractivity contribution in [1.29, 1.82) is 0 Å². The Morgan fingerprint density at radius 2 is 1.93 bits per heavy atom. The van der Waals surface area contributed by atoms with Gasteiger partial charge in [-0.05, 0) is 35.9 Å². The van der Waals surface area contributed by atoms with Crippen LogP contribution in [0.5, 0.6) is 0 Å². The molecule has 0 spiro atoms. The van der Waals surface area contributed by atoms with Gasteiger partial charge in [-0.2, -0.15) is 0 Å². The lowest BCUT2D eigenvalue weighted by Gasteiger charge is -2.32. The summed E-state index contributed by atoms with van der Waals surface area (Å²) in [6.07, 6.45) is 0.0277. The van der Waals surface area contributed by atoms with E-state index < -0.39 is 0 Å². The van der Waals surface area contributed by atoms with E-state index in [-0.39, 0.29) is 6.10 Å². The first-order chi connectivity index (χ1) is 13.1. The van der Waals surface area contributed by atoms with Gasteiger partial charge >= 0.3 is 0 Å². The van der Waals surface area contributed by atoms with Crippen LogP contribution in [0, 0.1) is 0 Å². The normalized spacial score (nSPS) is 18.0. The van der Waals surface area contributed by atoms with Gasteiger partial charge in [-0.3, -0.25) is 4.90 Å². The van der Waals surface area contributed by atoms with Gasteiger partial charge in [0.2, 0.25) is 11.8 Å². The summed E-state index contributed by atoms with van der Waals surface area (Å²) in [5.41, 5.74) is 1.83. The van der Waals surface area contributed by atoms with Crippen molar-refractivity contribution in [2.45, 2.75) is 12.6 Å². The minimum absolute atomic E-state index is 0.0277. The maximum atomic E-state index is 6.22. The van der Waals surface area contributed by atoms with Gasteiger partial charge in [-0.1, -0.05) is 51.3 Å². The minimum atomic E-state index is 0.0277. The van der Waals surface area contributed by atoms with Crippen molar-refractivity contribution in [3.8, 4) is 11.5 Å². The molecule has 0 radical (unpaired) electrons. The molecule has 4 rings (SSSR count). The molecular formula is C19H16BrCl2N3O2. The molecule has 0 saturated carbocycles. The van der Waals surface area contributed by atoms with Crippen LogP contribution in [0.25, 0.3) is 11.5 Å². The Morgan fingerprint density at radius 1 is 1.11 bits per heavy atom. The maximum absolute atomic E-state index is 6.22. The summed E-state index contributed by atoms with van der Waals surface area (Å²) < 4.78 is 12.8. The van der Waals surface area contributed by atoms with Gasteiger partial charge in [0.05, 0.1) is 29.8 Å². The predicted molar refractivity (Wildman–Crippen MR) is 108 cm³/mol. The number of ether oxygens (including phenoxy) is 1. The molecule has 0 bridgehead atoms. The fourth-order valence-electron chi connectivity index (χ4n) is 3.01. The zero-order chi connectivity index (χ0) is 18.8. The number of halogens is 3. The quantitative estimate of drug-likeness (QED) is 0.514. The Labute approximate surface area is 175 Å². The Balaban J connectivity index is 1.45. The van der Waals surface area contributed by atoms with Crippen molar-refractivity contribution in [2.75, 3.05) is 19.7 Å². The van der Waals surface area contributed by atoms with Gasteiger partial charge in [0.25, 0.3) is 0 Å². The van der Waals surface area contributed by atoms with Gasteiger partial charge in [0.1, 0.15) is 0 Å². The summed E-state index contributed by atoms with van der Waals surface area (Å²) in [5.74, 6) is 0.942. The SMILES string of the molecule is Clc1ccc(-c2nnc(CN3CCOC(c4ccc(Br)cc4)C3)o2)c(Cl)c1. The number of hydrogen-bond acceptors (Lipinski definition) is 5. The number of aromatic nitrogens is 2. The Kier molecular flexibility index (Phi) is 5.80. The summed E-state index contributed by atoms with van der Waals surface area (Å²) >= 11 is 15.6. The molecule has 3 aromatic rings. The number of rotatable bonds is 4. The van der Waals surface area contributed by atoms with Crippen LogP contribution >= 0.6 is 39.1 Å². The van der Waals surface area contributed by atoms with E-state index in [0.717, 1.165) is 23.1 Å². The van der Waals surface area contributed by atoms with E-state index in [9.17, 15) is 0 Å². The first kappa shape index (κ1) is 18.9. The van der Waals surface area contributed by atoms with Crippen molar-refractivity contribution in [1.82, 2.24) is 15.1 Å². The lowest BCUT2D eigenvalue weighted by atomic mass is 10.1. The van der Waals surface area contributed by atoms with Crippen molar-refractivity contribution >= 4 is 39.1 Å². The van der Waals surface area contributed by atoms with Crippen LogP contribution in [-0.2, 0) is 11.3 Å². The summed E-state index contributed by atoms with van der Waals surface area (Å²) in [4.78, 5) is 2.25. The summed E-state index contributed by atoms with van der Waals surface area (Å²) in [7, 11) is 0. The molecule has 1 saturated heterocycles. The molecule has 5 nitrogen and oxygen atoms in total. The minimum Gasteiger partial charge on any atom is -0.419 e. The smallest absolute Gasteiger partial charge is 0.249 e. The Morgan fingerprint density at radius 3 is 2.70 bits per heavy atom. The number of hydrogen-bond donors (Lipinski definition) is 0. The topological polar surface area (TPSA) is 51.4 Å². The van der Waals surface area contributed by atoms with Crippen molar-refractivity contribution in [3.05, 3.63) is 68.4 Å². The molecule has 140 valence electrons. The van der Waals surface area contributed by atoms with Crippen LogP contribution in [-0.4, -0.2) is 34.8 Å². The fourth-order valence-corrected chi connectivity index (χ4v) is 3.76. The molecule has 1 unspecified atom stereocenters. The van der Waals surface area contributed by atoms with Crippen LogP contribution in [0.2, 0.25) is 10.0 Å². The molecule has 1 aromatic heterocycles. The average Bonchev–Trinajstić information content (AvgIpc) is 3.10. The van der Waals surface area contributed by atoms with Crippen LogP contribution in [0.4, 0.5) is 0 Å². The highest BCUT2D eigenvalue weighted by atomic mass is 79.9. The monoisotopic (exact) mass is 467 g/mol. The van der Waals surface area contributed by atoms with Gasteiger partial charge in [0.15, 0.2) is 0 Å². The van der Waals surface area contributed by atoms with E-state index in [1.54, 1.807) is 18.2 Å². The molecular weight excluding hydrogens is 453 g/mol. The van der Waals surface area contributed by atoms with E-state index in [0.29, 0.717) is 40.5 Å². The molecule has 27 heavy (non-hydrogen) atoms. The summed E-state index contributed by atoms with van der Waals surface area (Å²) in [6.45, 7) is 2.80. The lowest BCUT2D eigenvalue weighted by Crippen LogP contribution is -2.37. The summed E-state index contributed by atoms with van der Waals surface area (Å²) in [6, 6.07) is 13.4. The second-order valence-electron chi connectivity index (χ2n) is 6.27. The third-order valence-corrected chi connectivity index (χ3v) is 5.46. The van der Waals surface area contributed by atoms with Crippen LogP contribution in [0.15, 0.2) is 51.4 Å². The summed E-state index contributed by atoms with van der Waals surface area (Å²) in [5, 5.41) is 9.34. The largest absolute Gasteiger partial charge is 0.419 e. The third kappa shape index (κ3) is 4.52. The van der Waals surface area contributed by atoms with Crippen molar-refractivity contribution in [2.24, 2.45) is 0 Å². The average molecular weight is 469 g/mol. The molecule has 2 heterocycles. The van der Waals surface area contributed by atoms with E-state index in [1.165, 1.54) is 0 Å². The standard InChI is InChI=1S/C19H16BrCl2N3O2/c20-13-3-1-12(2-4-13)17-10-25(7-8-26-17)11-18-23-24-19(27-18)15-6-5-14(21)9-16(15)22/h1-6,9,17H,7-8,10-11H2. The van der Waals surface area contributed by atoms with Crippen LogP contribution < -0.4 is 0 Å². The molecule has 0 aliphatic carbocycles. The van der Waals surface area contributed by atoms with E-state index in [2.05, 4.69) is 43.2 Å². The molecule has 1 fully saturated rings. The second kappa shape index (κ2) is 8.29. The van der Waals surface area contributed by atoms with Crippen LogP contribution in [0.3, 0.4) is 0 Å². The molecule has 0 amide bonds. The van der Waals surface area contributed by atoms with E-state index in [4.69, 9.17) is 32.4 Å². The van der Waals surface area contributed by atoms with Gasteiger partial charge in [-0.25, -0.2) is 0 Å². The third-order valence-electron chi connectivity index (χ3n) is 4.38. The maximum Gasteiger partial charge on any atom is 0.249 e. The molecule has 2 aromatic carbocycles.